The van der Waals surface area contributed by atoms with Gasteiger partial charge in [-0.3, -0.25) is 4.79 Å². The molecule has 3 N–H and O–H groups in total. The van der Waals surface area contributed by atoms with Crippen molar-refractivity contribution in [3.8, 4) is 5.75 Å². The molecule has 2 atom stereocenters. The molecule has 1 amide bonds. The van der Waals surface area contributed by atoms with Gasteiger partial charge in [-0.1, -0.05) is 29.8 Å². The fraction of sp³-hybridized carbons (Fsp3) is 0.286. The van der Waals surface area contributed by atoms with Crippen LogP contribution in [-0.4, -0.2) is 13.0 Å². The first-order valence-corrected chi connectivity index (χ1v) is 8.60. The van der Waals surface area contributed by atoms with Crippen molar-refractivity contribution in [1.82, 2.24) is 5.32 Å². The lowest BCUT2D eigenvalue weighted by molar-refractivity contribution is -0.123. The zero-order valence-corrected chi connectivity index (χ0v) is 15.5. The molecule has 3 aromatic rings. The van der Waals surface area contributed by atoms with Crippen molar-refractivity contribution in [2.75, 3.05) is 7.11 Å². The summed E-state index contributed by atoms with van der Waals surface area (Å²) < 4.78 is 11.2. The van der Waals surface area contributed by atoms with Gasteiger partial charge in [-0.05, 0) is 44.5 Å². The maximum absolute atomic E-state index is 12.5. The normalized spacial score (nSPS) is 13.4. The average molecular weight is 352 g/mol. The number of furan rings is 1. The van der Waals surface area contributed by atoms with E-state index in [2.05, 4.69) is 5.32 Å². The predicted molar refractivity (Wildman–Crippen MR) is 102 cm³/mol. The van der Waals surface area contributed by atoms with Crippen LogP contribution in [0.2, 0.25) is 0 Å². The minimum atomic E-state index is -0.720. The molecule has 0 radical (unpaired) electrons. The molecule has 0 saturated heterocycles. The molecule has 0 fully saturated rings. The number of methoxy groups -OCH3 is 1. The van der Waals surface area contributed by atoms with Gasteiger partial charge in [-0.15, -0.1) is 0 Å². The van der Waals surface area contributed by atoms with Crippen molar-refractivity contribution in [3.63, 3.8) is 0 Å². The second kappa shape index (κ2) is 7.22. The molecule has 26 heavy (non-hydrogen) atoms. The summed E-state index contributed by atoms with van der Waals surface area (Å²) in [6, 6.07) is 12.3. The second-order valence-electron chi connectivity index (χ2n) is 6.57. The van der Waals surface area contributed by atoms with E-state index in [0.717, 1.165) is 39.2 Å². The lowest BCUT2D eigenvalue weighted by Crippen LogP contribution is -2.35. The highest BCUT2D eigenvalue weighted by Crippen LogP contribution is 2.32. The summed E-state index contributed by atoms with van der Waals surface area (Å²) in [5, 5.41) is 3.93. The van der Waals surface area contributed by atoms with E-state index in [1.54, 1.807) is 7.11 Å². The molecule has 0 aliphatic carbocycles. The molecule has 1 heterocycles. The third-order valence-electron chi connectivity index (χ3n) is 4.65. The van der Waals surface area contributed by atoms with Gasteiger partial charge in [0.1, 0.15) is 23.1 Å². The molecule has 136 valence electrons. The zero-order chi connectivity index (χ0) is 18.8. The summed E-state index contributed by atoms with van der Waals surface area (Å²) in [7, 11) is 1.63. The number of hydrogen-bond donors (Lipinski definition) is 2. The summed E-state index contributed by atoms with van der Waals surface area (Å²) in [4.78, 5) is 12.5. The standard InChI is InChI=1S/C21H24N2O3/c1-12-5-7-15(8-6-12)19(22)21(24)23-14(3)20-13(2)17-11-16(25-4)9-10-18(17)26-20/h5-11,14,19H,22H2,1-4H3,(H,23,24). The number of carbonyl (C=O) groups excluding carboxylic acids is 1. The first-order valence-electron chi connectivity index (χ1n) is 8.60. The number of nitrogens with one attached hydrogen (secondary N) is 1. The van der Waals surface area contributed by atoms with Crippen LogP contribution in [0.3, 0.4) is 0 Å². The van der Waals surface area contributed by atoms with Crippen molar-refractivity contribution in [2.45, 2.75) is 32.9 Å². The fourth-order valence-electron chi connectivity index (χ4n) is 3.05. The van der Waals surface area contributed by atoms with Crippen LogP contribution in [-0.2, 0) is 4.79 Å². The van der Waals surface area contributed by atoms with Gasteiger partial charge in [0, 0.05) is 10.9 Å². The minimum Gasteiger partial charge on any atom is -0.497 e. The second-order valence-corrected chi connectivity index (χ2v) is 6.57. The number of hydrogen-bond acceptors (Lipinski definition) is 4. The third-order valence-corrected chi connectivity index (χ3v) is 4.65. The quantitative estimate of drug-likeness (QED) is 0.729. The Kier molecular flexibility index (Phi) is 5.00. The maximum Gasteiger partial charge on any atom is 0.242 e. The summed E-state index contributed by atoms with van der Waals surface area (Å²) in [5.74, 6) is 1.25. The van der Waals surface area contributed by atoms with Crippen LogP contribution in [0.1, 0.15) is 41.5 Å². The van der Waals surface area contributed by atoms with E-state index in [1.807, 2.05) is 63.2 Å². The Morgan fingerprint density at radius 3 is 2.50 bits per heavy atom. The number of nitrogens with two attached hydrogens (primary N) is 1. The van der Waals surface area contributed by atoms with Gasteiger partial charge in [-0.25, -0.2) is 0 Å². The van der Waals surface area contributed by atoms with E-state index < -0.39 is 6.04 Å². The number of fused-ring (bicyclic) bond motifs is 1. The highest BCUT2D eigenvalue weighted by Gasteiger charge is 2.22. The number of carbonyl (C=O) groups is 1. The van der Waals surface area contributed by atoms with Gasteiger partial charge in [0.25, 0.3) is 0 Å². The largest absolute Gasteiger partial charge is 0.497 e. The number of benzene rings is 2. The number of amides is 1. The zero-order valence-electron chi connectivity index (χ0n) is 15.5. The maximum atomic E-state index is 12.5. The van der Waals surface area contributed by atoms with Gasteiger partial charge in [0.15, 0.2) is 0 Å². The van der Waals surface area contributed by atoms with E-state index in [-0.39, 0.29) is 11.9 Å². The van der Waals surface area contributed by atoms with Gasteiger partial charge in [-0.2, -0.15) is 0 Å². The molecule has 5 heteroatoms. The fourth-order valence-corrected chi connectivity index (χ4v) is 3.05. The summed E-state index contributed by atoms with van der Waals surface area (Å²) in [6.07, 6.45) is 0. The van der Waals surface area contributed by atoms with Crippen LogP contribution in [0, 0.1) is 13.8 Å². The van der Waals surface area contributed by atoms with E-state index in [4.69, 9.17) is 14.9 Å². The van der Waals surface area contributed by atoms with E-state index in [9.17, 15) is 4.79 Å². The van der Waals surface area contributed by atoms with E-state index >= 15 is 0 Å². The molecule has 2 unspecified atom stereocenters. The third kappa shape index (κ3) is 3.44. The molecule has 0 spiro atoms. The Morgan fingerprint density at radius 2 is 1.85 bits per heavy atom. The lowest BCUT2D eigenvalue weighted by atomic mass is 10.0. The van der Waals surface area contributed by atoms with Crippen molar-refractivity contribution in [1.29, 1.82) is 0 Å². The molecule has 0 aliphatic heterocycles. The molecule has 0 aliphatic rings. The Morgan fingerprint density at radius 1 is 1.15 bits per heavy atom. The van der Waals surface area contributed by atoms with Crippen LogP contribution in [0.5, 0.6) is 5.75 Å². The van der Waals surface area contributed by atoms with Crippen LogP contribution in [0.4, 0.5) is 0 Å². The van der Waals surface area contributed by atoms with Crippen molar-refractivity contribution in [2.24, 2.45) is 5.73 Å². The molecule has 0 bridgehead atoms. The molecular formula is C21H24N2O3. The molecule has 0 saturated carbocycles. The van der Waals surface area contributed by atoms with Crippen molar-refractivity contribution >= 4 is 16.9 Å². The molecular weight excluding hydrogens is 328 g/mol. The van der Waals surface area contributed by atoms with Crippen LogP contribution in [0.25, 0.3) is 11.0 Å². The van der Waals surface area contributed by atoms with Gasteiger partial charge in [0.05, 0.1) is 13.2 Å². The number of aryl methyl sites for hydroxylation is 2. The molecule has 3 rings (SSSR count). The SMILES string of the molecule is COc1ccc2oc(C(C)NC(=O)C(N)c3ccc(C)cc3)c(C)c2c1. The average Bonchev–Trinajstić information content (AvgIpc) is 2.98. The molecule has 2 aromatic carbocycles. The summed E-state index contributed by atoms with van der Waals surface area (Å²) in [5.41, 5.74) is 9.77. The Balaban J connectivity index is 1.79. The molecule has 5 nitrogen and oxygen atoms in total. The van der Waals surface area contributed by atoms with E-state index in [0.29, 0.717) is 0 Å². The monoisotopic (exact) mass is 352 g/mol. The van der Waals surface area contributed by atoms with Gasteiger partial charge < -0.3 is 20.2 Å². The van der Waals surface area contributed by atoms with Crippen molar-refractivity contribution in [3.05, 3.63) is 64.9 Å². The predicted octanol–water partition coefficient (Wildman–Crippen LogP) is 3.94. The number of rotatable bonds is 5. The first kappa shape index (κ1) is 18.0. The van der Waals surface area contributed by atoms with Gasteiger partial charge in [0.2, 0.25) is 5.91 Å². The topological polar surface area (TPSA) is 77.5 Å². The van der Waals surface area contributed by atoms with Crippen LogP contribution in [0.15, 0.2) is 46.9 Å². The highest BCUT2D eigenvalue weighted by atomic mass is 16.5. The Bertz CT molecular complexity index is 928. The van der Waals surface area contributed by atoms with Crippen LogP contribution >= 0.6 is 0 Å². The minimum absolute atomic E-state index is 0.237. The Labute approximate surface area is 153 Å². The number of ether oxygens (including phenoxy) is 1. The first-order chi connectivity index (χ1) is 12.4. The van der Waals surface area contributed by atoms with E-state index in [1.165, 1.54) is 0 Å². The van der Waals surface area contributed by atoms with Crippen LogP contribution < -0.4 is 15.8 Å². The smallest absolute Gasteiger partial charge is 0.242 e. The highest BCUT2D eigenvalue weighted by molar-refractivity contribution is 5.85. The van der Waals surface area contributed by atoms with Crippen molar-refractivity contribution < 1.29 is 13.9 Å². The summed E-state index contributed by atoms with van der Waals surface area (Å²) >= 11 is 0. The Hall–Kier alpha value is -2.79. The lowest BCUT2D eigenvalue weighted by Gasteiger charge is -2.17. The molecule has 1 aromatic heterocycles. The summed E-state index contributed by atoms with van der Waals surface area (Å²) in [6.45, 7) is 5.86. The van der Waals surface area contributed by atoms with Gasteiger partial charge >= 0.3 is 0 Å².